The molecule has 0 unspecified atom stereocenters. The van der Waals surface area contributed by atoms with E-state index in [1.807, 2.05) is 0 Å². The maximum absolute atomic E-state index is 14.2. The van der Waals surface area contributed by atoms with E-state index in [1.165, 1.54) is 34.6 Å². The number of H-pyrrole nitrogens is 1. The fraction of sp³-hybridized carbons (Fsp3) is 0.238. The first kappa shape index (κ1) is 21.2. The number of carbonyl (C=O) groups excluding carboxylic acids is 1. The highest BCUT2D eigenvalue weighted by molar-refractivity contribution is 7.89. The van der Waals surface area contributed by atoms with Crippen LogP contribution in [0.2, 0.25) is 0 Å². The summed E-state index contributed by atoms with van der Waals surface area (Å²) in [6, 6.07) is 9.56. The number of anilines is 1. The van der Waals surface area contributed by atoms with Crippen molar-refractivity contribution in [2.24, 2.45) is 0 Å². The van der Waals surface area contributed by atoms with Crippen molar-refractivity contribution in [1.29, 1.82) is 0 Å². The van der Waals surface area contributed by atoms with E-state index in [2.05, 4.69) is 10.3 Å². The van der Waals surface area contributed by atoms with Crippen LogP contribution in [-0.4, -0.2) is 49.9 Å². The van der Waals surface area contributed by atoms with Gasteiger partial charge in [0.05, 0.1) is 29.4 Å². The minimum absolute atomic E-state index is 0.00971. The van der Waals surface area contributed by atoms with Gasteiger partial charge in [0.25, 0.3) is 5.91 Å². The number of benzene rings is 2. The van der Waals surface area contributed by atoms with Crippen LogP contribution in [0.3, 0.4) is 0 Å². The van der Waals surface area contributed by atoms with Gasteiger partial charge in [-0.2, -0.15) is 4.31 Å². The Morgan fingerprint density at radius 2 is 1.87 bits per heavy atom. The number of amides is 1. The molecule has 1 aliphatic rings. The highest BCUT2D eigenvalue weighted by atomic mass is 32.2. The van der Waals surface area contributed by atoms with Gasteiger partial charge < -0.3 is 15.0 Å². The Labute approximate surface area is 177 Å². The zero-order valence-corrected chi connectivity index (χ0v) is 17.5. The van der Waals surface area contributed by atoms with Crippen molar-refractivity contribution in [1.82, 2.24) is 9.29 Å². The summed E-state index contributed by atoms with van der Waals surface area (Å²) in [5, 5.41) is 2.69. The number of aryl methyl sites for hydroxylation is 1. The second-order valence-corrected chi connectivity index (χ2v) is 9.15. The lowest BCUT2D eigenvalue weighted by Crippen LogP contribution is -2.40. The summed E-state index contributed by atoms with van der Waals surface area (Å²) in [6.07, 6.45) is 0. The molecule has 0 saturated carbocycles. The van der Waals surface area contributed by atoms with Crippen molar-refractivity contribution in [3.05, 3.63) is 69.8 Å². The molecular weight excluding hydrogens is 425 g/mol. The van der Waals surface area contributed by atoms with E-state index in [9.17, 15) is 22.4 Å². The number of pyridine rings is 1. The van der Waals surface area contributed by atoms with Crippen molar-refractivity contribution in [3.63, 3.8) is 0 Å². The maximum atomic E-state index is 14.2. The summed E-state index contributed by atoms with van der Waals surface area (Å²) in [5.41, 5.74) is 0.350. The van der Waals surface area contributed by atoms with E-state index in [4.69, 9.17) is 4.74 Å². The molecule has 3 aromatic rings. The van der Waals surface area contributed by atoms with Crippen LogP contribution in [0.5, 0.6) is 0 Å². The predicted molar refractivity (Wildman–Crippen MR) is 113 cm³/mol. The number of hydrogen-bond donors (Lipinski definition) is 2. The number of halogens is 1. The molecule has 31 heavy (non-hydrogen) atoms. The molecular formula is C21H20FN3O5S. The third-order valence-corrected chi connectivity index (χ3v) is 6.93. The number of ether oxygens (including phenoxy) is 1. The van der Waals surface area contributed by atoms with E-state index in [0.717, 1.165) is 6.07 Å². The largest absolute Gasteiger partial charge is 0.379 e. The SMILES string of the molecule is Cc1ccc(NC(=O)c2cc(=O)[nH]c3ccc(S(=O)(=O)N4CCOCC4)cc23)c(F)c1. The predicted octanol–water partition coefficient (Wildman–Crippen LogP) is 2.25. The average Bonchev–Trinajstić information content (AvgIpc) is 2.75. The third kappa shape index (κ3) is 4.22. The number of carbonyl (C=O) groups is 1. The van der Waals surface area contributed by atoms with Crippen LogP contribution in [0.15, 0.2) is 52.2 Å². The van der Waals surface area contributed by atoms with E-state index in [-0.39, 0.29) is 34.6 Å². The number of aromatic nitrogens is 1. The lowest BCUT2D eigenvalue weighted by Gasteiger charge is -2.26. The Hall–Kier alpha value is -3.08. The van der Waals surface area contributed by atoms with E-state index >= 15 is 0 Å². The van der Waals surface area contributed by atoms with Gasteiger partial charge in [-0.15, -0.1) is 0 Å². The standard InChI is InChI=1S/C21H20FN3O5S/c1-13-2-4-19(17(22)10-13)24-21(27)16-12-20(26)23-18-5-3-14(11-15(16)18)31(28,29)25-6-8-30-9-7-25/h2-5,10-12H,6-9H2,1H3,(H,23,26)(H,24,27). The Balaban J connectivity index is 1.77. The number of fused-ring (bicyclic) bond motifs is 1. The second-order valence-electron chi connectivity index (χ2n) is 7.21. The first-order chi connectivity index (χ1) is 14.8. The van der Waals surface area contributed by atoms with Crippen LogP contribution >= 0.6 is 0 Å². The summed E-state index contributed by atoms with van der Waals surface area (Å²) >= 11 is 0. The molecule has 4 rings (SSSR count). The number of hydrogen-bond acceptors (Lipinski definition) is 5. The molecule has 1 fully saturated rings. The molecule has 0 atom stereocenters. The molecule has 0 radical (unpaired) electrons. The normalized spacial score (nSPS) is 15.2. The summed E-state index contributed by atoms with van der Waals surface area (Å²) in [4.78, 5) is 27.5. The van der Waals surface area contributed by atoms with Gasteiger partial charge in [-0.05, 0) is 42.8 Å². The molecule has 1 aromatic heterocycles. The smallest absolute Gasteiger partial charge is 0.256 e. The number of rotatable bonds is 4. The van der Waals surface area contributed by atoms with Crippen LogP contribution in [0.25, 0.3) is 10.9 Å². The first-order valence-corrected chi connectivity index (χ1v) is 11.0. The van der Waals surface area contributed by atoms with Crippen LogP contribution in [0.4, 0.5) is 10.1 Å². The van der Waals surface area contributed by atoms with Crippen molar-refractivity contribution in [2.45, 2.75) is 11.8 Å². The quantitative estimate of drug-likeness (QED) is 0.640. The Kier molecular flexibility index (Phi) is 5.61. The fourth-order valence-electron chi connectivity index (χ4n) is 3.43. The molecule has 1 aliphatic heterocycles. The zero-order chi connectivity index (χ0) is 22.2. The van der Waals surface area contributed by atoms with Crippen molar-refractivity contribution in [2.75, 3.05) is 31.6 Å². The van der Waals surface area contributed by atoms with Crippen molar-refractivity contribution in [3.8, 4) is 0 Å². The summed E-state index contributed by atoms with van der Waals surface area (Å²) < 4.78 is 46.7. The molecule has 2 aromatic carbocycles. The van der Waals surface area contributed by atoms with Crippen LogP contribution < -0.4 is 10.9 Å². The minimum Gasteiger partial charge on any atom is -0.379 e. The van der Waals surface area contributed by atoms with E-state index < -0.39 is 27.3 Å². The second kappa shape index (κ2) is 8.22. The maximum Gasteiger partial charge on any atom is 0.256 e. The van der Waals surface area contributed by atoms with Crippen LogP contribution in [-0.2, 0) is 14.8 Å². The number of nitrogens with one attached hydrogen (secondary N) is 2. The summed E-state index contributed by atoms with van der Waals surface area (Å²) in [7, 11) is -3.81. The van der Waals surface area contributed by atoms with Gasteiger partial charge in [0.1, 0.15) is 5.82 Å². The average molecular weight is 445 g/mol. The molecule has 0 spiro atoms. The summed E-state index contributed by atoms with van der Waals surface area (Å²) in [6.45, 7) is 2.78. The number of aromatic amines is 1. The minimum atomic E-state index is -3.81. The van der Waals surface area contributed by atoms with E-state index in [1.54, 1.807) is 13.0 Å². The monoisotopic (exact) mass is 445 g/mol. The lowest BCUT2D eigenvalue weighted by molar-refractivity contribution is 0.0730. The van der Waals surface area contributed by atoms with Gasteiger partial charge in [-0.1, -0.05) is 6.07 Å². The molecule has 10 heteroatoms. The molecule has 162 valence electrons. The molecule has 1 saturated heterocycles. The fourth-order valence-corrected chi connectivity index (χ4v) is 4.86. The molecule has 2 heterocycles. The topological polar surface area (TPSA) is 109 Å². The third-order valence-electron chi connectivity index (χ3n) is 5.04. The van der Waals surface area contributed by atoms with Crippen LogP contribution in [0, 0.1) is 12.7 Å². The first-order valence-electron chi connectivity index (χ1n) is 9.58. The Bertz CT molecular complexity index is 1330. The molecule has 0 bridgehead atoms. The van der Waals surface area contributed by atoms with Gasteiger partial charge in [0, 0.05) is 30.1 Å². The molecule has 2 N–H and O–H groups in total. The lowest BCUT2D eigenvalue weighted by atomic mass is 10.1. The molecule has 1 amide bonds. The summed E-state index contributed by atoms with van der Waals surface area (Å²) in [5.74, 6) is -1.34. The number of morpholine rings is 1. The highest BCUT2D eigenvalue weighted by Crippen LogP contribution is 2.24. The molecule has 8 nitrogen and oxygen atoms in total. The van der Waals surface area contributed by atoms with Crippen molar-refractivity contribution < 1.29 is 22.3 Å². The Morgan fingerprint density at radius 1 is 1.13 bits per heavy atom. The van der Waals surface area contributed by atoms with Gasteiger partial charge >= 0.3 is 0 Å². The van der Waals surface area contributed by atoms with Crippen molar-refractivity contribution >= 4 is 32.5 Å². The number of nitrogens with zero attached hydrogens (tertiary/aromatic N) is 1. The van der Waals surface area contributed by atoms with Gasteiger partial charge in [-0.25, -0.2) is 12.8 Å². The van der Waals surface area contributed by atoms with Gasteiger partial charge in [0.2, 0.25) is 15.6 Å². The van der Waals surface area contributed by atoms with Gasteiger partial charge in [-0.3, -0.25) is 9.59 Å². The van der Waals surface area contributed by atoms with Crippen LogP contribution in [0.1, 0.15) is 15.9 Å². The highest BCUT2D eigenvalue weighted by Gasteiger charge is 2.27. The zero-order valence-electron chi connectivity index (χ0n) is 16.6. The molecule has 0 aliphatic carbocycles. The van der Waals surface area contributed by atoms with Gasteiger partial charge in [0.15, 0.2) is 0 Å². The van der Waals surface area contributed by atoms with E-state index in [0.29, 0.717) is 24.3 Å². The Morgan fingerprint density at radius 3 is 2.58 bits per heavy atom. The number of sulfonamides is 1.